The molecule has 1 aliphatic heterocycles. The maximum atomic E-state index is 5.44. The number of rotatable bonds is 3. The molecular formula is C11H21NO. The van der Waals surface area contributed by atoms with Gasteiger partial charge in [0.1, 0.15) is 0 Å². The van der Waals surface area contributed by atoms with Gasteiger partial charge < -0.3 is 10.1 Å². The zero-order chi connectivity index (χ0) is 9.15. The largest absolute Gasteiger partial charge is 0.380 e. The zero-order valence-corrected chi connectivity index (χ0v) is 8.64. The zero-order valence-electron chi connectivity index (χ0n) is 8.64. The van der Waals surface area contributed by atoms with E-state index < -0.39 is 0 Å². The highest BCUT2D eigenvalue weighted by atomic mass is 16.5. The molecule has 0 aromatic heterocycles. The second kappa shape index (κ2) is 3.97. The fraction of sp³-hybridized carbons (Fsp3) is 1.00. The lowest BCUT2D eigenvalue weighted by Crippen LogP contribution is -2.44. The highest BCUT2D eigenvalue weighted by Gasteiger charge is 2.32. The van der Waals surface area contributed by atoms with E-state index in [2.05, 4.69) is 12.2 Å². The summed E-state index contributed by atoms with van der Waals surface area (Å²) in [7, 11) is 0. The van der Waals surface area contributed by atoms with Crippen molar-refractivity contribution in [1.29, 1.82) is 0 Å². The Bertz CT molecular complexity index is 159. The third kappa shape index (κ3) is 2.44. The molecule has 0 bridgehead atoms. The molecule has 2 nitrogen and oxygen atoms in total. The molecule has 0 spiro atoms. The topological polar surface area (TPSA) is 21.3 Å². The van der Waals surface area contributed by atoms with E-state index in [1.807, 2.05) is 0 Å². The van der Waals surface area contributed by atoms with Gasteiger partial charge in [-0.15, -0.1) is 0 Å². The lowest BCUT2D eigenvalue weighted by molar-refractivity contribution is 0.0593. The van der Waals surface area contributed by atoms with Crippen LogP contribution in [0.2, 0.25) is 0 Å². The number of hydrogen-bond acceptors (Lipinski definition) is 2. The smallest absolute Gasteiger partial charge is 0.0619 e. The Balaban J connectivity index is 1.66. The van der Waals surface area contributed by atoms with Crippen LogP contribution in [0.1, 0.15) is 39.0 Å². The fourth-order valence-electron chi connectivity index (χ4n) is 2.25. The molecular weight excluding hydrogens is 162 g/mol. The summed E-state index contributed by atoms with van der Waals surface area (Å²) in [6.45, 7) is 5.49. The summed E-state index contributed by atoms with van der Waals surface area (Å²) >= 11 is 0. The van der Waals surface area contributed by atoms with Crippen molar-refractivity contribution in [3.8, 4) is 0 Å². The van der Waals surface area contributed by atoms with Crippen molar-refractivity contribution in [2.45, 2.75) is 45.1 Å². The van der Waals surface area contributed by atoms with Gasteiger partial charge in [0.05, 0.1) is 6.61 Å². The summed E-state index contributed by atoms with van der Waals surface area (Å²) in [6, 6.07) is 0.631. The average molecular weight is 183 g/mol. The Morgan fingerprint density at radius 3 is 2.77 bits per heavy atom. The van der Waals surface area contributed by atoms with Crippen molar-refractivity contribution >= 4 is 0 Å². The van der Waals surface area contributed by atoms with Gasteiger partial charge in [0, 0.05) is 19.2 Å². The molecule has 13 heavy (non-hydrogen) atoms. The van der Waals surface area contributed by atoms with Crippen molar-refractivity contribution in [3.63, 3.8) is 0 Å². The van der Waals surface area contributed by atoms with Crippen LogP contribution in [-0.4, -0.2) is 25.8 Å². The van der Waals surface area contributed by atoms with E-state index >= 15 is 0 Å². The van der Waals surface area contributed by atoms with E-state index in [1.54, 1.807) is 0 Å². The molecule has 1 aliphatic carbocycles. The van der Waals surface area contributed by atoms with Gasteiger partial charge in [-0.2, -0.15) is 0 Å². The second-order valence-corrected chi connectivity index (χ2v) is 4.96. The Morgan fingerprint density at radius 2 is 2.23 bits per heavy atom. The maximum Gasteiger partial charge on any atom is 0.0619 e. The molecule has 1 unspecified atom stereocenters. The quantitative estimate of drug-likeness (QED) is 0.722. The molecule has 0 aromatic rings. The van der Waals surface area contributed by atoms with Crippen molar-refractivity contribution < 1.29 is 4.74 Å². The summed E-state index contributed by atoms with van der Waals surface area (Å²) in [5.74, 6) is 0. The first kappa shape index (κ1) is 9.47. The summed E-state index contributed by atoms with van der Waals surface area (Å²) in [6.07, 6.45) is 6.78. The number of nitrogens with one attached hydrogen (secondary N) is 1. The highest BCUT2D eigenvalue weighted by molar-refractivity contribution is 4.86. The number of hydrogen-bond donors (Lipinski definition) is 1. The van der Waals surface area contributed by atoms with Gasteiger partial charge in [0.25, 0.3) is 0 Å². The van der Waals surface area contributed by atoms with E-state index in [-0.39, 0.29) is 0 Å². The molecule has 1 saturated carbocycles. The molecule has 0 amide bonds. The van der Waals surface area contributed by atoms with E-state index in [0.717, 1.165) is 13.2 Å². The van der Waals surface area contributed by atoms with Crippen molar-refractivity contribution in [1.82, 2.24) is 5.32 Å². The lowest BCUT2D eigenvalue weighted by atomic mass is 9.70. The van der Waals surface area contributed by atoms with Crippen LogP contribution in [-0.2, 0) is 4.74 Å². The third-order valence-electron chi connectivity index (χ3n) is 3.54. The molecule has 1 saturated heterocycles. The standard InChI is InChI=1S/C11H21NO/c1-11(5-3-6-11)9-12-10-4-2-7-13-8-10/h10,12H,2-9H2,1H3. The predicted molar refractivity (Wildman–Crippen MR) is 53.8 cm³/mol. The van der Waals surface area contributed by atoms with E-state index in [0.29, 0.717) is 11.5 Å². The van der Waals surface area contributed by atoms with Gasteiger partial charge in [-0.1, -0.05) is 13.3 Å². The Morgan fingerprint density at radius 1 is 1.38 bits per heavy atom. The minimum absolute atomic E-state index is 0.609. The average Bonchev–Trinajstić information content (AvgIpc) is 2.13. The van der Waals surface area contributed by atoms with Crippen LogP contribution in [0.5, 0.6) is 0 Å². The van der Waals surface area contributed by atoms with Crippen LogP contribution < -0.4 is 5.32 Å². The van der Waals surface area contributed by atoms with Crippen molar-refractivity contribution in [2.24, 2.45) is 5.41 Å². The van der Waals surface area contributed by atoms with Gasteiger partial charge in [0.2, 0.25) is 0 Å². The van der Waals surface area contributed by atoms with Crippen LogP contribution in [0, 0.1) is 5.41 Å². The van der Waals surface area contributed by atoms with Gasteiger partial charge in [0.15, 0.2) is 0 Å². The van der Waals surface area contributed by atoms with Crippen LogP contribution in [0.25, 0.3) is 0 Å². The third-order valence-corrected chi connectivity index (χ3v) is 3.54. The second-order valence-electron chi connectivity index (χ2n) is 4.96. The van der Waals surface area contributed by atoms with E-state index in [9.17, 15) is 0 Å². The SMILES string of the molecule is CC1(CNC2CCCOC2)CCC1. The van der Waals surface area contributed by atoms with Crippen LogP contribution in [0.3, 0.4) is 0 Å². The van der Waals surface area contributed by atoms with Gasteiger partial charge in [-0.25, -0.2) is 0 Å². The molecule has 1 N–H and O–H groups in total. The first-order valence-corrected chi connectivity index (χ1v) is 5.60. The van der Waals surface area contributed by atoms with E-state index in [1.165, 1.54) is 38.6 Å². The summed E-state index contributed by atoms with van der Waals surface area (Å²) in [4.78, 5) is 0. The van der Waals surface area contributed by atoms with Crippen LogP contribution in [0.4, 0.5) is 0 Å². The first-order valence-electron chi connectivity index (χ1n) is 5.60. The summed E-state index contributed by atoms with van der Waals surface area (Å²) in [5, 5.41) is 3.64. The van der Waals surface area contributed by atoms with Gasteiger partial charge in [-0.05, 0) is 31.1 Å². The van der Waals surface area contributed by atoms with Crippen LogP contribution in [0.15, 0.2) is 0 Å². The highest BCUT2D eigenvalue weighted by Crippen LogP contribution is 2.39. The van der Waals surface area contributed by atoms with Crippen LogP contribution >= 0.6 is 0 Å². The molecule has 1 heterocycles. The molecule has 1 atom stereocenters. The number of ether oxygens (including phenoxy) is 1. The van der Waals surface area contributed by atoms with Crippen molar-refractivity contribution in [2.75, 3.05) is 19.8 Å². The monoisotopic (exact) mass is 183 g/mol. The van der Waals surface area contributed by atoms with E-state index in [4.69, 9.17) is 4.74 Å². The fourth-order valence-corrected chi connectivity index (χ4v) is 2.25. The van der Waals surface area contributed by atoms with Gasteiger partial charge >= 0.3 is 0 Å². The molecule has 76 valence electrons. The minimum Gasteiger partial charge on any atom is -0.380 e. The molecule has 2 rings (SSSR count). The minimum atomic E-state index is 0.609. The Kier molecular flexibility index (Phi) is 2.89. The van der Waals surface area contributed by atoms with Crippen molar-refractivity contribution in [3.05, 3.63) is 0 Å². The maximum absolute atomic E-state index is 5.44. The first-order chi connectivity index (χ1) is 6.29. The van der Waals surface area contributed by atoms with Gasteiger partial charge in [-0.3, -0.25) is 0 Å². The Hall–Kier alpha value is -0.0800. The molecule has 0 radical (unpaired) electrons. The predicted octanol–water partition coefficient (Wildman–Crippen LogP) is 1.95. The lowest BCUT2D eigenvalue weighted by Gasteiger charge is -2.40. The molecule has 2 heteroatoms. The summed E-state index contributed by atoms with van der Waals surface area (Å²) in [5.41, 5.74) is 0.609. The molecule has 0 aromatic carbocycles. The normalized spacial score (nSPS) is 32.5. The molecule has 2 fully saturated rings. The summed E-state index contributed by atoms with van der Waals surface area (Å²) < 4.78 is 5.44. The Labute approximate surface area is 81.0 Å². The molecule has 2 aliphatic rings.